The molecule has 1 aliphatic carbocycles. The minimum Gasteiger partial charge on any atom is -0.385 e. The number of nitrogens with one attached hydrogen (secondary N) is 1. The summed E-state index contributed by atoms with van der Waals surface area (Å²) in [6, 6.07) is 8.69. The third-order valence-corrected chi connectivity index (χ3v) is 3.81. The molecular formula is C14H19NS. The lowest BCUT2D eigenvalue weighted by Gasteiger charge is -2.18. The molecule has 0 fully saturated rings. The van der Waals surface area contributed by atoms with Gasteiger partial charge >= 0.3 is 0 Å². The van der Waals surface area contributed by atoms with Crippen molar-refractivity contribution in [3.05, 3.63) is 36.4 Å². The number of anilines is 1. The first kappa shape index (κ1) is 11.6. The Morgan fingerprint density at radius 3 is 2.69 bits per heavy atom. The molecule has 16 heavy (non-hydrogen) atoms. The molecule has 0 spiro atoms. The Morgan fingerprint density at radius 1 is 1.25 bits per heavy atom. The Balaban J connectivity index is 1.82. The van der Waals surface area contributed by atoms with Gasteiger partial charge < -0.3 is 5.32 Å². The monoisotopic (exact) mass is 233 g/mol. The number of rotatable bonds is 4. The summed E-state index contributed by atoms with van der Waals surface area (Å²) in [5, 5.41) is 3.52. The highest BCUT2D eigenvalue weighted by molar-refractivity contribution is 7.98. The maximum atomic E-state index is 3.52. The zero-order chi connectivity index (χ0) is 11.2. The summed E-state index contributed by atoms with van der Waals surface area (Å²) in [6.45, 7) is 1.10. The molecule has 1 aliphatic rings. The average Bonchev–Trinajstić information content (AvgIpc) is 2.38. The summed E-state index contributed by atoms with van der Waals surface area (Å²) in [5.41, 5.74) is 1.24. The van der Waals surface area contributed by atoms with Gasteiger partial charge in [0.1, 0.15) is 0 Å². The van der Waals surface area contributed by atoms with Gasteiger partial charge in [-0.1, -0.05) is 12.2 Å². The van der Waals surface area contributed by atoms with E-state index in [9.17, 15) is 0 Å². The Bertz CT molecular complexity index is 342. The van der Waals surface area contributed by atoms with E-state index in [-0.39, 0.29) is 0 Å². The van der Waals surface area contributed by atoms with Crippen LogP contribution in [-0.4, -0.2) is 12.8 Å². The number of hydrogen-bond acceptors (Lipinski definition) is 2. The van der Waals surface area contributed by atoms with Crippen LogP contribution >= 0.6 is 11.8 Å². The van der Waals surface area contributed by atoms with Crippen molar-refractivity contribution < 1.29 is 0 Å². The summed E-state index contributed by atoms with van der Waals surface area (Å²) < 4.78 is 0. The van der Waals surface area contributed by atoms with Gasteiger partial charge in [-0.3, -0.25) is 0 Å². The first-order chi connectivity index (χ1) is 7.88. The van der Waals surface area contributed by atoms with E-state index in [1.807, 2.05) is 0 Å². The van der Waals surface area contributed by atoms with Crippen molar-refractivity contribution in [1.82, 2.24) is 0 Å². The lowest BCUT2D eigenvalue weighted by molar-refractivity contribution is 0.504. The summed E-state index contributed by atoms with van der Waals surface area (Å²) in [6.07, 6.45) is 10.5. The van der Waals surface area contributed by atoms with Crippen LogP contribution in [0.4, 0.5) is 5.69 Å². The molecule has 0 radical (unpaired) electrons. The van der Waals surface area contributed by atoms with Gasteiger partial charge in [0, 0.05) is 17.1 Å². The second-order valence-electron chi connectivity index (χ2n) is 4.26. The zero-order valence-corrected chi connectivity index (χ0v) is 10.6. The second-order valence-corrected chi connectivity index (χ2v) is 5.14. The van der Waals surface area contributed by atoms with Crippen molar-refractivity contribution >= 4 is 17.4 Å². The topological polar surface area (TPSA) is 12.0 Å². The zero-order valence-electron chi connectivity index (χ0n) is 9.78. The van der Waals surface area contributed by atoms with Crippen LogP contribution in [0, 0.1) is 5.92 Å². The van der Waals surface area contributed by atoms with Crippen molar-refractivity contribution in [2.45, 2.75) is 24.2 Å². The molecular weight excluding hydrogens is 214 g/mol. The van der Waals surface area contributed by atoms with Crippen molar-refractivity contribution in [2.24, 2.45) is 5.92 Å². The normalized spacial score (nSPS) is 19.7. The van der Waals surface area contributed by atoms with Gasteiger partial charge in [-0.15, -0.1) is 11.8 Å². The molecule has 1 aromatic carbocycles. The quantitative estimate of drug-likeness (QED) is 0.618. The first-order valence-corrected chi connectivity index (χ1v) is 7.14. The molecule has 0 aliphatic heterocycles. The van der Waals surface area contributed by atoms with Gasteiger partial charge in [0.2, 0.25) is 0 Å². The smallest absolute Gasteiger partial charge is 0.0341 e. The molecule has 1 atom stereocenters. The lowest BCUT2D eigenvalue weighted by atomic mass is 9.94. The van der Waals surface area contributed by atoms with Crippen molar-refractivity contribution in [1.29, 1.82) is 0 Å². The van der Waals surface area contributed by atoms with Crippen molar-refractivity contribution in [3.8, 4) is 0 Å². The van der Waals surface area contributed by atoms with Crippen LogP contribution in [0.2, 0.25) is 0 Å². The molecule has 1 nitrogen and oxygen atoms in total. The number of allylic oxidation sites excluding steroid dienone is 2. The number of benzene rings is 1. The molecule has 0 aromatic heterocycles. The largest absolute Gasteiger partial charge is 0.385 e. The maximum absolute atomic E-state index is 3.52. The summed E-state index contributed by atoms with van der Waals surface area (Å²) in [5.74, 6) is 0.810. The Morgan fingerprint density at radius 2 is 2.06 bits per heavy atom. The van der Waals surface area contributed by atoms with Crippen LogP contribution in [0.25, 0.3) is 0 Å². The van der Waals surface area contributed by atoms with Crippen LogP contribution in [0.3, 0.4) is 0 Å². The standard InChI is InChI=1S/C14H19NS/c1-16-14-9-7-13(8-10-14)15-11-12-5-3-2-4-6-12/h2-3,7-10,12,15H,4-6,11H2,1H3. The Kier molecular flexibility index (Phi) is 4.34. The SMILES string of the molecule is CSc1ccc(NCC2CC=CCC2)cc1. The van der Waals surface area contributed by atoms with Gasteiger partial charge in [-0.05, 0) is 55.7 Å². The molecule has 2 heteroatoms. The molecule has 1 aromatic rings. The van der Waals surface area contributed by atoms with E-state index in [0.717, 1.165) is 12.5 Å². The van der Waals surface area contributed by atoms with Crippen LogP contribution in [0.15, 0.2) is 41.3 Å². The highest BCUT2D eigenvalue weighted by atomic mass is 32.2. The predicted molar refractivity (Wildman–Crippen MR) is 73.2 cm³/mol. The van der Waals surface area contributed by atoms with Gasteiger partial charge in [0.25, 0.3) is 0 Å². The average molecular weight is 233 g/mol. The molecule has 0 amide bonds. The molecule has 0 saturated heterocycles. The van der Waals surface area contributed by atoms with E-state index in [0.29, 0.717) is 0 Å². The Labute approximate surface area is 102 Å². The fourth-order valence-corrected chi connectivity index (χ4v) is 2.42. The summed E-state index contributed by atoms with van der Waals surface area (Å²) in [4.78, 5) is 1.33. The van der Waals surface area contributed by atoms with Crippen LogP contribution in [-0.2, 0) is 0 Å². The fraction of sp³-hybridized carbons (Fsp3) is 0.429. The third kappa shape index (κ3) is 3.31. The summed E-state index contributed by atoms with van der Waals surface area (Å²) in [7, 11) is 0. The molecule has 1 unspecified atom stereocenters. The molecule has 2 rings (SSSR count). The molecule has 0 heterocycles. The van der Waals surface area contributed by atoms with E-state index in [1.165, 1.54) is 29.8 Å². The number of hydrogen-bond donors (Lipinski definition) is 1. The Hall–Kier alpha value is -0.890. The van der Waals surface area contributed by atoms with Crippen molar-refractivity contribution in [3.63, 3.8) is 0 Å². The van der Waals surface area contributed by atoms with Crippen LogP contribution in [0.1, 0.15) is 19.3 Å². The van der Waals surface area contributed by atoms with E-state index in [4.69, 9.17) is 0 Å². The third-order valence-electron chi connectivity index (χ3n) is 3.06. The molecule has 1 N–H and O–H groups in total. The van der Waals surface area contributed by atoms with Crippen LogP contribution < -0.4 is 5.32 Å². The van der Waals surface area contributed by atoms with Gasteiger partial charge in [0.05, 0.1) is 0 Å². The molecule has 0 saturated carbocycles. The van der Waals surface area contributed by atoms with E-state index >= 15 is 0 Å². The molecule has 0 bridgehead atoms. The first-order valence-electron chi connectivity index (χ1n) is 5.91. The van der Waals surface area contributed by atoms with Gasteiger partial charge in [0.15, 0.2) is 0 Å². The lowest BCUT2D eigenvalue weighted by Crippen LogP contribution is -2.15. The minimum absolute atomic E-state index is 0.810. The highest BCUT2D eigenvalue weighted by Crippen LogP contribution is 2.20. The second kappa shape index (κ2) is 6.00. The van der Waals surface area contributed by atoms with E-state index in [1.54, 1.807) is 11.8 Å². The fourth-order valence-electron chi connectivity index (χ4n) is 2.01. The van der Waals surface area contributed by atoms with Gasteiger partial charge in [-0.25, -0.2) is 0 Å². The minimum atomic E-state index is 0.810. The maximum Gasteiger partial charge on any atom is 0.0341 e. The van der Waals surface area contributed by atoms with E-state index < -0.39 is 0 Å². The predicted octanol–water partition coefficient (Wildman–Crippen LogP) is 4.18. The van der Waals surface area contributed by atoms with Crippen LogP contribution in [0.5, 0.6) is 0 Å². The summed E-state index contributed by atoms with van der Waals surface area (Å²) >= 11 is 1.79. The van der Waals surface area contributed by atoms with Gasteiger partial charge in [-0.2, -0.15) is 0 Å². The highest BCUT2D eigenvalue weighted by Gasteiger charge is 2.08. The van der Waals surface area contributed by atoms with E-state index in [2.05, 4.69) is 48.0 Å². The van der Waals surface area contributed by atoms with Crippen molar-refractivity contribution in [2.75, 3.05) is 18.1 Å². The number of thioether (sulfide) groups is 1. The molecule has 86 valence electrons.